The highest BCUT2D eigenvalue weighted by molar-refractivity contribution is 5.66. The molecule has 1 aromatic rings. The van der Waals surface area contributed by atoms with Crippen LogP contribution < -0.4 is 11.2 Å². The van der Waals surface area contributed by atoms with E-state index in [1.54, 1.807) is 0 Å². The summed E-state index contributed by atoms with van der Waals surface area (Å²) in [5, 5.41) is 10.8. The van der Waals surface area contributed by atoms with Crippen LogP contribution in [0, 0.1) is 0 Å². The van der Waals surface area contributed by atoms with E-state index >= 15 is 0 Å². The first kappa shape index (κ1) is 17.9. The van der Waals surface area contributed by atoms with Crippen LogP contribution in [0.1, 0.15) is 27.0 Å². The standard InChI is InChI=1S/C14H18N2O8/c1-7(17)22-6-9-11(23-8(2)18)14(3,21)12(24-9)16-5-4-10(19)15-13(16)20/h4-5,9,11-12,21H,6H2,1-3H3,(H,15,19,20)/t9-,11-,12?,14+/m1/s1. The molecule has 10 nitrogen and oxygen atoms in total. The number of carbonyl (C=O) groups is 2. The van der Waals surface area contributed by atoms with Crippen LogP contribution in [-0.4, -0.2) is 51.0 Å². The summed E-state index contributed by atoms with van der Waals surface area (Å²) in [6, 6.07) is 1.08. The fraction of sp³-hybridized carbons (Fsp3) is 0.571. The number of H-pyrrole nitrogens is 1. The zero-order valence-corrected chi connectivity index (χ0v) is 13.3. The van der Waals surface area contributed by atoms with Gasteiger partial charge in [0.25, 0.3) is 5.56 Å². The molecule has 1 saturated heterocycles. The summed E-state index contributed by atoms with van der Waals surface area (Å²) in [5.41, 5.74) is -3.22. The molecule has 0 saturated carbocycles. The number of esters is 2. The average molecular weight is 342 g/mol. The molecule has 0 aliphatic carbocycles. The van der Waals surface area contributed by atoms with Crippen molar-refractivity contribution < 1.29 is 28.9 Å². The van der Waals surface area contributed by atoms with Gasteiger partial charge in [0.15, 0.2) is 12.3 Å². The van der Waals surface area contributed by atoms with E-state index in [2.05, 4.69) is 0 Å². The Morgan fingerprint density at radius 1 is 1.38 bits per heavy atom. The van der Waals surface area contributed by atoms with Crippen molar-refractivity contribution in [1.82, 2.24) is 9.55 Å². The Hall–Kier alpha value is -2.46. The van der Waals surface area contributed by atoms with E-state index in [9.17, 15) is 24.3 Å². The maximum absolute atomic E-state index is 11.9. The van der Waals surface area contributed by atoms with Crippen LogP contribution in [0.5, 0.6) is 0 Å². The van der Waals surface area contributed by atoms with E-state index in [0.717, 1.165) is 23.8 Å². The molecular weight excluding hydrogens is 324 g/mol. The smallest absolute Gasteiger partial charge is 0.330 e. The number of hydrogen-bond acceptors (Lipinski definition) is 8. The van der Waals surface area contributed by atoms with Crippen LogP contribution in [0.4, 0.5) is 0 Å². The molecule has 0 bridgehead atoms. The molecule has 1 aromatic heterocycles. The molecule has 2 rings (SSSR count). The van der Waals surface area contributed by atoms with Gasteiger partial charge in [0.1, 0.15) is 18.3 Å². The molecular formula is C14H18N2O8. The number of carbonyl (C=O) groups excluding carboxylic acids is 2. The molecule has 2 heterocycles. The van der Waals surface area contributed by atoms with Crippen molar-refractivity contribution in [1.29, 1.82) is 0 Å². The molecule has 10 heteroatoms. The summed E-state index contributed by atoms with van der Waals surface area (Å²) < 4.78 is 16.5. The average Bonchev–Trinajstić information content (AvgIpc) is 2.68. The van der Waals surface area contributed by atoms with Crippen molar-refractivity contribution in [3.05, 3.63) is 33.1 Å². The molecule has 1 aliphatic heterocycles. The molecule has 132 valence electrons. The quantitative estimate of drug-likeness (QED) is 0.643. The minimum Gasteiger partial charge on any atom is -0.463 e. The van der Waals surface area contributed by atoms with Gasteiger partial charge in [-0.25, -0.2) is 4.79 Å². The second-order valence-electron chi connectivity index (χ2n) is 5.60. The number of rotatable bonds is 4. The zero-order valence-electron chi connectivity index (χ0n) is 13.3. The van der Waals surface area contributed by atoms with Gasteiger partial charge in [0, 0.05) is 26.1 Å². The molecule has 0 amide bonds. The Labute approximate surface area is 136 Å². The second-order valence-corrected chi connectivity index (χ2v) is 5.60. The minimum absolute atomic E-state index is 0.280. The van der Waals surface area contributed by atoms with Gasteiger partial charge in [-0.3, -0.25) is 23.9 Å². The Morgan fingerprint density at radius 2 is 2.04 bits per heavy atom. The van der Waals surface area contributed by atoms with E-state index in [1.165, 1.54) is 13.8 Å². The lowest BCUT2D eigenvalue weighted by molar-refractivity contribution is -0.163. The number of nitrogens with zero attached hydrogens (tertiary/aromatic N) is 1. The predicted octanol–water partition coefficient (Wildman–Crippen LogP) is -1.32. The Kier molecular flexibility index (Phi) is 4.90. The molecule has 0 radical (unpaired) electrons. The molecule has 0 aromatic carbocycles. The van der Waals surface area contributed by atoms with Gasteiger partial charge in [-0.15, -0.1) is 0 Å². The molecule has 24 heavy (non-hydrogen) atoms. The molecule has 4 atom stereocenters. The SMILES string of the molecule is CC(=O)OC[C@H]1OC(n2ccc(=O)[nH]c2=O)[C@@](C)(O)[C@@H]1OC(C)=O. The van der Waals surface area contributed by atoms with Gasteiger partial charge in [0.2, 0.25) is 0 Å². The van der Waals surface area contributed by atoms with E-state index in [0.29, 0.717) is 0 Å². The monoisotopic (exact) mass is 342 g/mol. The van der Waals surface area contributed by atoms with Crippen LogP contribution in [-0.2, 0) is 23.8 Å². The highest BCUT2D eigenvalue weighted by Gasteiger charge is 2.56. The van der Waals surface area contributed by atoms with Crippen molar-refractivity contribution in [2.75, 3.05) is 6.61 Å². The van der Waals surface area contributed by atoms with Crippen LogP contribution in [0.15, 0.2) is 21.9 Å². The van der Waals surface area contributed by atoms with Crippen molar-refractivity contribution in [2.24, 2.45) is 0 Å². The van der Waals surface area contributed by atoms with Gasteiger partial charge in [-0.1, -0.05) is 0 Å². The second kappa shape index (κ2) is 6.57. The summed E-state index contributed by atoms with van der Waals surface area (Å²) in [5.74, 6) is -1.25. The highest BCUT2D eigenvalue weighted by atomic mass is 16.6. The van der Waals surface area contributed by atoms with Crippen LogP contribution >= 0.6 is 0 Å². The molecule has 0 spiro atoms. The summed E-state index contributed by atoms with van der Waals surface area (Å²) in [7, 11) is 0. The summed E-state index contributed by atoms with van der Waals surface area (Å²) in [4.78, 5) is 47.5. The van der Waals surface area contributed by atoms with E-state index < -0.39 is 47.2 Å². The van der Waals surface area contributed by atoms with Gasteiger partial charge < -0.3 is 19.3 Å². The summed E-state index contributed by atoms with van der Waals surface area (Å²) in [6.45, 7) is 3.38. The van der Waals surface area contributed by atoms with Crippen molar-refractivity contribution in [3.8, 4) is 0 Å². The molecule has 1 aliphatic rings. The van der Waals surface area contributed by atoms with Gasteiger partial charge in [0.05, 0.1) is 0 Å². The third-order valence-corrected chi connectivity index (χ3v) is 3.56. The maximum Gasteiger partial charge on any atom is 0.330 e. The summed E-state index contributed by atoms with van der Waals surface area (Å²) >= 11 is 0. The maximum atomic E-state index is 11.9. The normalized spacial score (nSPS) is 29.2. The minimum atomic E-state index is -1.81. The first-order chi connectivity index (χ1) is 11.1. The molecule has 1 unspecified atom stereocenters. The summed E-state index contributed by atoms with van der Waals surface area (Å²) in [6.07, 6.45) is -2.28. The molecule has 2 N–H and O–H groups in total. The Balaban J connectivity index is 2.38. The predicted molar refractivity (Wildman–Crippen MR) is 78.0 cm³/mol. The Bertz CT molecular complexity index is 750. The van der Waals surface area contributed by atoms with Crippen LogP contribution in [0.2, 0.25) is 0 Å². The van der Waals surface area contributed by atoms with Gasteiger partial charge in [-0.2, -0.15) is 0 Å². The highest BCUT2D eigenvalue weighted by Crippen LogP contribution is 2.39. The van der Waals surface area contributed by atoms with E-state index in [4.69, 9.17) is 14.2 Å². The van der Waals surface area contributed by atoms with Crippen molar-refractivity contribution in [3.63, 3.8) is 0 Å². The lowest BCUT2D eigenvalue weighted by Crippen LogP contribution is -2.48. The van der Waals surface area contributed by atoms with Gasteiger partial charge in [-0.05, 0) is 6.92 Å². The van der Waals surface area contributed by atoms with Crippen molar-refractivity contribution >= 4 is 11.9 Å². The van der Waals surface area contributed by atoms with Gasteiger partial charge >= 0.3 is 17.6 Å². The lowest BCUT2D eigenvalue weighted by Gasteiger charge is -2.29. The third-order valence-electron chi connectivity index (χ3n) is 3.56. The number of ether oxygens (including phenoxy) is 3. The number of aromatic amines is 1. The topological polar surface area (TPSA) is 137 Å². The van der Waals surface area contributed by atoms with Crippen LogP contribution in [0.3, 0.4) is 0 Å². The van der Waals surface area contributed by atoms with Crippen LogP contribution in [0.25, 0.3) is 0 Å². The fourth-order valence-electron chi connectivity index (χ4n) is 2.55. The first-order valence-electron chi connectivity index (χ1n) is 7.13. The number of nitrogens with one attached hydrogen (secondary N) is 1. The molecule has 1 fully saturated rings. The first-order valence-corrected chi connectivity index (χ1v) is 7.13. The van der Waals surface area contributed by atoms with Crippen molar-refractivity contribution in [2.45, 2.75) is 44.8 Å². The number of hydrogen-bond donors (Lipinski definition) is 2. The lowest BCUT2D eigenvalue weighted by atomic mass is 9.96. The zero-order chi connectivity index (χ0) is 18.1. The number of aromatic nitrogens is 2. The fourth-order valence-corrected chi connectivity index (χ4v) is 2.55. The van der Waals surface area contributed by atoms with E-state index in [1.807, 2.05) is 4.98 Å². The van der Waals surface area contributed by atoms with E-state index in [-0.39, 0.29) is 6.61 Å². The number of aliphatic hydroxyl groups is 1. The largest absolute Gasteiger partial charge is 0.463 e. The Morgan fingerprint density at radius 3 is 2.58 bits per heavy atom. The third kappa shape index (κ3) is 3.54.